The number of aliphatic imine (C=N–C) groups is 1. The highest BCUT2D eigenvalue weighted by Crippen LogP contribution is 2.41. The summed E-state index contributed by atoms with van der Waals surface area (Å²) >= 11 is 7.12. The average molecular weight is 739 g/mol. The van der Waals surface area contributed by atoms with E-state index >= 15 is 0 Å². The van der Waals surface area contributed by atoms with Crippen LogP contribution >= 0.6 is 50.3 Å². The summed E-state index contributed by atoms with van der Waals surface area (Å²) < 4.78 is 14.1. The molecule has 0 aromatic heterocycles. The van der Waals surface area contributed by atoms with Crippen LogP contribution in [0.1, 0.15) is 36.6 Å². The summed E-state index contributed by atoms with van der Waals surface area (Å²) in [7, 11) is 0. The lowest BCUT2D eigenvalue weighted by molar-refractivity contribution is -0.123. The van der Waals surface area contributed by atoms with Crippen LogP contribution in [0.25, 0.3) is 6.08 Å². The second kappa shape index (κ2) is 13.7. The first-order valence-corrected chi connectivity index (χ1v) is 15.9. The number of carbonyl (C=O) groups is 1. The molecule has 1 aliphatic rings. The number of amidine groups is 1. The minimum atomic E-state index is -0.182. The molecule has 1 heterocycles. The molecule has 8 heteroatoms. The van der Waals surface area contributed by atoms with Crippen LogP contribution < -0.4 is 9.47 Å². The molecule has 1 aliphatic heterocycles. The highest BCUT2D eigenvalue weighted by atomic mass is 127. The Balaban J connectivity index is 1.47. The molecule has 1 atom stereocenters. The summed E-state index contributed by atoms with van der Waals surface area (Å²) in [5.74, 6) is 1.25. The van der Waals surface area contributed by atoms with E-state index in [1.807, 2.05) is 117 Å². The number of nitrogens with zero attached hydrogens (tertiary/aromatic N) is 2. The van der Waals surface area contributed by atoms with E-state index in [1.165, 1.54) is 11.8 Å². The Kier molecular flexibility index (Phi) is 9.84. The number of para-hydroxylation sites is 1. The third-order valence-corrected chi connectivity index (χ3v) is 8.73. The second-order valence-corrected chi connectivity index (χ2v) is 12.4. The van der Waals surface area contributed by atoms with E-state index in [4.69, 9.17) is 14.5 Å². The van der Waals surface area contributed by atoms with E-state index in [0.717, 1.165) is 30.4 Å². The van der Waals surface area contributed by atoms with Gasteiger partial charge in [0.2, 0.25) is 0 Å². The Labute approximate surface area is 266 Å². The Morgan fingerprint density at radius 2 is 1.66 bits per heavy atom. The fourth-order valence-corrected chi connectivity index (χ4v) is 6.47. The Bertz CT molecular complexity index is 1580. The molecule has 4 aromatic carbocycles. The molecule has 5 rings (SSSR count). The second-order valence-electron chi connectivity index (χ2n) is 9.28. The van der Waals surface area contributed by atoms with Crippen LogP contribution in [0.2, 0.25) is 0 Å². The lowest BCUT2D eigenvalue weighted by Crippen LogP contribution is -2.32. The molecule has 4 aromatic rings. The van der Waals surface area contributed by atoms with E-state index in [9.17, 15) is 4.79 Å². The molecule has 5 nitrogen and oxygen atoms in total. The predicted molar refractivity (Wildman–Crippen MR) is 180 cm³/mol. The van der Waals surface area contributed by atoms with Gasteiger partial charge in [0.15, 0.2) is 16.7 Å². The van der Waals surface area contributed by atoms with Gasteiger partial charge in [-0.1, -0.05) is 76.6 Å². The maximum absolute atomic E-state index is 13.9. The number of hydrogen-bond donors (Lipinski definition) is 0. The maximum Gasteiger partial charge on any atom is 0.267 e. The maximum atomic E-state index is 13.9. The summed E-state index contributed by atoms with van der Waals surface area (Å²) in [6, 6.07) is 31.5. The highest BCUT2D eigenvalue weighted by molar-refractivity contribution is 14.1. The molecular weight excluding hydrogens is 711 g/mol. The number of benzene rings is 4. The molecule has 1 amide bonds. The standard InChI is InChI=1S/C33H28BrIN2O3S/c1-3-39-29-19-24(18-28(35)31(29)40-21-23-14-16-26(34)17-15-23)20-30-32(38)37(22(2)25-10-6-4-7-11-25)33(41-30)36-27-12-8-5-9-13-27/h4-20,22H,3,21H2,1-2H3/b30-20+,36-33?/t22-/m0/s1. The third-order valence-electron chi connectivity index (χ3n) is 6.41. The van der Waals surface area contributed by atoms with E-state index in [-0.39, 0.29) is 11.9 Å². The van der Waals surface area contributed by atoms with Gasteiger partial charge in [-0.2, -0.15) is 0 Å². The zero-order chi connectivity index (χ0) is 28.8. The first-order valence-electron chi connectivity index (χ1n) is 13.2. The molecule has 41 heavy (non-hydrogen) atoms. The van der Waals surface area contributed by atoms with Crippen molar-refractivity contribution in [2.24, 2.45) is 4.99 Å². The van der Waals surface area contributed by atoms with Crippen molar-refractivity contribution < 1.29 is 14.3 Å². The first kappa shape index (κ1) is 29.4. The zero-order valence-corrected chi connectivity index (χ0v) is 27.1. The molecule has 208 valence electrons. The van der Waals surface area contributed by atoms with E-state index < -0.39 is 0 Å². The molecule has 1 fully saturated rings. The van der Waals surface area contributed by atoms with Gasteiger partial charge in [-0.15, -0.1) is 0 Å². The number of halogens is 2. The normalized spacial score (nSPS) is 15.9. The average Bonchev–Trinajstić information content (AvgIpc) is 3.28. The van der Waals surface area contributed by atoms with Gasteiger partial charge in [0, 0.05) is 4.47 Å². The molecule has 0 radical (unpaired) electrons. The van der Waals surface area contributed by atoms with Crippen LogP contribution in [0, 0.1) is 3.57 Å². The van der Waals surface area contributed by atoms with Gasteiger partial charge in [0.25, 0.3) is 5.91 Å². The van der Waals surface area contributed by atoms with E-state index in [2.05, 4.69) is 38.5 Å². The van der Waals surface area contributed by atoms with Gasteiger partial charge >= 0.3 is 0 Å². The topological polar surface area (TPSA) is 51.1 Å². The van der Waals surface area contributed by atoms with E-state index in [1.54, 1.807) is 4.90 Å². The van der Waals surface area contributed by atoms with Gasteiger partial charge in [-0.05, 0) is 107 Å². The summed E-state index contributed by atoms with van der Waals surface area (Å²) in [6.07, 6.45) is 1.91. The summed E-state index contributed by atoms with van der Waals surface area (Å²) in [6.45, 7) is 4.89. The number of thioether (sulfide) groups is 1. The quantitative estimate of drug-likeness (QED) is 0.127. The fraction of sp³-hybridized carbons (Fsp3) is 0.152. The number of amides is 1. The number of carbonyl (C=O) groups excluding carboxylic acids is 1. The van der Waals surface area contributed by atoms with Crippen molar-refractivity contribution in [3.63, 3.8) is 0 Å². The molecule has 0 aliphatic carbocycles. The van der Waals surface area contributed by atoms with Crippen LogP contribution in [-0.4, -0.2) is 22.6 Å². The van der Waals surface area contributed by atoms with Crippen molar-refractivity contribution >= 4 is 73.1 Å². The fourth-order valence-electron chi connectivity index (χ4n) is 4.36. The Morgan fingerprint density at radius 3 is 2.34 bits per heavy atom. The number of hydrogen-bond acceptors (Lipinski definition) is 5. The van der Waals surface area contributed by atoms with Crippen molar-refractivity contribution in [2.45, 2.75) is 26.5 Å². The number of ether oxygens (including phenoxy) is 2. The predicted octanol–water partition coefficient (Wildman–Crippen LogP) is 9.40. The molecule has 1 saturated heterocycles. The monoisotopic (exact) mass is 738 g/mol. The summed E-state index contributed by atoms with van der Waals surface area (Å²) in [4.78, 5) is 21.1. The van der Waals surface area contributed by atoms with Crippen molar-refractivity contribution in [3.05, 3.63) is 127 Å². The van der Waals surface area contributed by atoms with Gasteiger partial charge in [0.05, 0.1) is 26.8 Å². The van der Waals surface area contributed by atoms with Gasteiger partial charge in [-0.3, -0.25) is 9.69 Å². The zero-order valence-electron chi connectivity index (χ0n) is 22.6. The minimum absolute atomic E-state index is 0.0791. The van der Waals surface area contributed by atoms with Crippen molar-refractivity contribution in [3.8, 4) is 11.5 Å². The lowest BCUT2D eigenvalue weighted by atomic mass is 10.1. The summed E-state index contributed by atoms with van der Waals surface area (Å²) in [5, 5.41) is 0.651. The Hall–Kier alpha value is -3.08. The van der Waals surface area contributed by atoms with Crippen LogP contribution in [0.15, 0.2) is 111 Å². The van der Waals surface area contributed by atoms with Crippen LogP contribution in [0.4, 0.5) is 5.69 Å². The van der Waals surface area contributed by atoms with Crippen LogP contribution in [-0.2, 0) is 11.4 Å². The largest absolute Gasteiger partial charge is 0.490 e. The smallest absolute Gasteiger partial charge is 0.267 e. The van der Waals surface area contributed by atoms with Gasteiger partial charge in [0.1, 0.15) is 6.61 Å². The Morgan fingerprint density at radius 1 is 0.976 bits per heavy atom. The first-order chi connectivity index (χ1) is 19.9. The van der Waals surface area contributed by atoms with Crippen molar-refractivity contribution in [2.75, 3.05) is 6.61 Å². The molecule has 0 spiro atoms. The molecule has 0 bridgehead atoms. The molecular formula is C33H28BrIN2O3S. The SMILES string of the molecule is CCOc1cc(/C=C2/SC(=Nc3ccccc3)N([C@@H](C)c3ccccc3)C2=O)cc(I)c1OCc1ccc(Br)cc1. The minimum Gasteiger partial charge on any atom is -0.490 e. The number of rotatable bonds is 9. The van der Waals surface area contributed by atoms with Crippen molar-refractivity contribution in [1.29, 1.82) is 0 Å². The third kappa shape index (κ3) is 7.23. The van der Waals surface area contributed by atoms with Gasteiger partial charge < -0.3 is 9.47 Å². The summed E-state index contributed by atoms with van der Waals surface area (Å²) in [5.41, 5.74) is 3.76. The van der Waals surface area contributed by atoms with Gasteiger partial charge in [-0.25, -0.2) is 4.99 Å². The highest BCUT2D eigenvalue weighted by Gasteiger charge is 2.37. The van der Waals surface area contributed by atoms with E-state index in [0.29, 0.717) is 34.8 Å². The van der Waals surface area contributed by atoms with Crippen molar-refractivity contribution in [1.82, 2.24) is 4.90 Å². The molecule has 0 N–H and O–H groups in total. The lowest BCUT2D eigenvalue weighted by Gasteiger charge is -2.24. The molecule has 0 unspecified atom stereocenters. The molecule has 0 saturated carbocycles. The van der Waals surface area contributed by atoms with Crippen LogP contribution in [0.3, 0.4) is 0 Å². The van der Waals surface area contributed by atoms with Crippen LogP contribution in [0.5, 0.6) is 11.5 Å².